The zero-order valence-electron chi connectivity index (χ0n) is 9.83. The van der Waals surface area contributed by atoms with Crippen LogP contribution >= 0.6 is 34.2 Å². The first-order valence-corrected chi connectivity index (χ1v) is 7.38. The van der Waals surface area contributed by atoms with Gasteiger partial charge in [-0.25, -0.2) is 9.97 Å². The third kappa shape index (κ3) is 3.29. The van der Waals surface area contributed by atoms with E-state index in [0.29, 0.717) is 11.1 Å². The number of ether oxygens (including phenoxy) is 1. The van der Waals surface area contributed by atoms with Crippen molar-refractivity contribution in [3.63, 3.8) is 0 Å². The summed E-state index contributed by atoms with van der Waals surface area (Å²) in [4.78, 5) is 8.70. The molecule has 0 saturated heterocycles. The van der Waals surface area contributed by atoms with Crippen LogP contribution in [0.3, 0.4) is 0 Å². The van der Waals surface area contributed by atoms with Crippen molar-refractivity contribution in [2.24, 2.45) is 5.92 Å². The van der Waals surface area contributed by atoms with E-state index in [4.69, 9.17) is 16.3 Å². The van der Waals surface area contributed by atoms with Gasteiger partial charge in [-0.05, 0) is 41.4 Å². The Bertz CT molecular complexity index is 383. The van der Waals surface area contributed by atoms with Gasteiger partial charge in [-0.2, -0.15) is 0 Å². The standard InChI is InChI=1S/C12H16ClIN2O/c1-17-10(8-5-3-2-4-6-8)12-15-7-9(14)11(13)16-12/h7-8,10H,2-6H2,1H3. The van der Waals surface area contributed by atoms with Gasteiger partial charge in [0.1, 0.15) is 11.3 Å². The first-order chi connectivity index (χ1) is 8.22. The zero-order chi connectivity index (χ0) is 12.3. The molecule has 1 aliphatic carbocycles. The second-order valence-corrected chi connectivity index (χ2v) is 5.94. The Hall–Kier alpha value is 0.0600. The van der Waals surface area contributed by atoms with Crippen LogP contribution in [0.15, 0.2) is 6.20 Å². The van der Waals surface area contributed by atoms with Crippen molar-refractivity contribution < 1.29 is 4.74 Å². The number of aromatic nitrogens is 2. The molecule has 5 heteroatoms. The highest BCUT2D eigenvalue weighted by molar-refractivity contribution is 14.1. The van der Waals surface area contributed by atoms with Crippen LogP contribution in [0.1, 0.15) is 44.0 Å². The largest absolute Gasteiger partial charge is 0.373 e. The predicted octanol–water partition coefficient (Wildman–Crippen LogP) is 4.00. The highest BCUT2D eigenvalue weighted by Crippen LogP contribution is 2.35. The maximum Gasteiger partial charge on any atom is 0.159 e. The average molecular weight is 367 g/mol. The molecule has 17 heavy (non-hydrogen) atoms. The fourth-order valence-corrected chi connectivity index (χ4v) is 2.84. The van der Waals surface area contributed by atoms with Crippen molar-refractivity contribution in [1.29, 1.82) is 0 Å². The predicted molar refractivity (Wildman–Crippen MR) is 76.1 cm³/mol. The summed E-state index contributed by atoms with van der Waals surface area (Å²) in [5.41, 5.74) is 0. The number of methoxy groups -OCH3 is 1. The molecule has 1 unspecified atom stereocenters. The number of hydrogen-bond donors (Lipinski definition) is 0. The number of halogens is 2. The van der Waals surface area contributed by atoms with Crippen LogP contribution in [-0.2, 0) is 4.74 Å². The number of rotatable bonds is 3. The SMILES string of the molecule is COC(c1ncc(I)c(Cl)n1)C1CCCCC1. The Morgan fingerprint density at radius 3 is 2.71 bits per heavy atom. The van der Waals surface area contributed by atoms with E-state index in [0.717, 1.165) is 9.39 Å². The normalized spacial score (nSPS) is 19.2. The Morgan fingerprint density at radius 2 is 2.12 bits per heavy atom. The van der Waals surface area contributed by atoms with Gasteiger partial charge in [0.2, 0.25) is 0 Å². The second kappa shape index (κ2) is 6.29. The average Bonchev–Trinajstić information content (AvgIpc) is 2.36. The lowest BCUT2D eigenvalue weighted by Gasteiger charge is -2.28. The van der Waals surface area contributed by atoms with Crippen LogP contribution in [0, 0.1) is 9.49 Å². The van der Waals surface area contributed by atoms with Gasteiger partial charge < -0.3 is 4.74 Å². The fraction of sp³-hybridized carbons (Fsp3) is 0.667. The molecular weight excluding hydrogens is 351 g/mol. The van der Waals surface area contributed by atoms with E-state index in [1.54, 1.807) is 13.3 Å². The lowest BCUT2D eigenvalue weighted by Crippen LogP contribution is -2.20. The molecule has 0 bridgehead atoms. The van der Waals surface area contributed by atoms with Gasteiger partial charge >= 0.3 is 0 Å². The third-order valence-corrected chi connectivity index (χ3v) is 4.70. The third-order valence-electron chi connectivity index (χ3n) is 3.31. The lowest BCUT2D eigenvalue weighted by molar-refractivity contribution is 0.0289. The minimum Gasteiger partial charge on any atom is -0.373 e. The van der Waals surface area contributed by atoms with Gasteiger partial charge in [0.25, 0.3) is 0 Å². The van der Waals surface area contributed by atoms with Crippen LogP contribution in [0.4, 0.5) is 0 Å². The van der Waals surface area contributed by atoms with Crippen molar-refractivity contribution in [2.45, 2.75) is 38.2 Å². The van der Waals surface area contributed by atoms with Crippen molar-refractivity contribution in [2.75, 3.05) is 7.11 Å². The Balaban J connectivity index is 2.18. The fourth-order valence-electron chi connectivity index (χ4n) is 2.44. The molecule has 1 fully saturated rings. The van der Waals surface area contributed by atoms with Gasteiger partial charge in [-0.15, -0.1) is 0 Å². The minimum atomic E-state index is -0.00944. The van der Waals surface area contributed by atoms with Crippen LogP contribution in [-0.4, -0.2) is 17.1 Å². The maximum atomic E-state index is 6.04. The molecule has 0 radical (unpaired) electrons. The molecule has 0 aromatic carbocycles. The summed E-state index contributed by atoms with van der Waals surface area (Å²) in [7, 11) is 1.73. The van der Waals surface area contributed by atoms with E-state index in [1.165, 1.54) is 32.1 Å². The molecule has 0 N–H and O–H groups in total. The number of hydrogen-bond acceptors (Lipinski definition) is 3. The molecule has 2 rings (SSSR count). The van der Waals surface area contributed by atoms with E-state index in [9.17, 15) is 0 Å². The van der Waals surface area contributed by atoms with Gasteiger partial charge in [0.05, 0.1) is 3.57 Å². The minimum absolute atomic E-state index is 0.00944. The van der Waals surface area contributed by atoms with Crippen LogP contribution in [0.25, 0.3) is 0 Å². The molecule has 94 valence electrons. The zero-order valence-corrected chi connectivity index (χ0v) is 12.7. The molecule has 1 aromatic rings. The molecular formula is C12H16ClIN2O. The molecule has 1 aromatic heterocycles. The molecule has 3 nitrogen and oxygen atoms in total. The van der Waals surface area contributed by atoms with Gasteiger partial charge in [0.15, 0.2) is 5.82 Å². The van der Waals surface area contributed by atoms with Crippen LogP contribution in [0.2, 0.25) is 5.15 Å². The summed E-state index contributed by atoms with van der Waals surface area (Å²) in [6, 6.07) is 0. The quantitative estimate of drug-likeness (QED) is 0.599. The van der Waals surface area contributed by atoms with E-state index >= 15 is 0 Å². The number of nitrogens with zero attached hydrogens (tertiary/aromatic N) is 2. The van der Waals surface area contributed by atoms with Crippen LogP contribution < -0.4 is 0 Å². The van der Waals surface area contributed by atoms with E-state index in [2.05, 4.69) is 32.6 Å². The summed E-state index contributed by atoms with van der Waals surface area (Å²) in [6.07, 6.45) is 8.05. The van der Waals surface area contributed by atoms with E-state index in [-0.39, 0.29) is 6.10 Å². The monoisotopic (exact) mass is 366 g/mol. The smallest absolute Gasteiger partial charge is 0.159 e. The highest BCUT2D eigenvalue weighted by atomic mass is 127. The lowest BCUT2D eigenvalue weighted by atomic mass is 9.85. The van der Waals surface area contributed by atoms with E-state index in [1.807, 2.05) is 0 Å². The van der Waals surface area contributed by atoms with Gasteiger partial charge in [-0.3, -0.25) is 0 Å². The summed E-state index contributed by atoms with van der Waals surface area (Å²) in [5.74, 6) is 1.26. The molecule has 0 aliphatic heterocycles. The summed E-state index contributed by atoms with van der Waals surface area (Å²) in [5, 5.41) is 0.522. The Morgan fingerprint density at radius 1 is 1.41 bits per heavy atom. The summed E-state index contributed by atoms with van der Waals surface area (Å²) in [6.45, 7) is 0. The van der Waals surface area contributed by atoms with Gasteiger partial charge in [-0.1, -0.05) is 30.9 Å². The second-order valence-electron chi connectivity index (χ2n) is 4.42. The summed E-state index contributed by atoms with van der Waals surface area (Å²) >= 11 is 8.17. The molecule has 1 heterocycles. The van der Waals surface area contributed by atoms with E-state index < -0.39 is 0 Å². The first-order valence-electron chi connectivity index (χ1n) is 5.93. The molecule has 1 aliphatic rings. The van der Waals surface area contributed by atoms with Gasteiger partial charge in [0, 0.05) is 13.3 Å². The van der Waals surface area contributed by atoms with Crippen molar-refractivity contribution in [1.82, 2.24) is 9.97 Å². The van der Waals surface area contributed by atoms with Crippen molar-refractivity contribution in [3.05, 3.63) is 20.7 Å². The molecule has 0 spiro atoms. The Labute approximate surface area is 120 Å². The highest BCUT2D eigenvalue weighted by Gasteiger charge is 2.27. The van der Waals surface area contributed by atoms with Crippen LogP contribution in [0.5, 0.6) is 0 Å². The molecule has 1 atom stereocenters. The maximum absolute atomic E-state index is 6.04. The Kier molecular flexibility index (Phi) is 4.99. The van der Waals surface area contributed by atoms with Crippen molar-refractivity contribution >= 4 is 34.2 Å². The first kappa shape index (κ1) is 13.5. The van der Waals surface area contributed by atoms with Crippen molar-refractivity contribution in [3.8, 4) is 0 Å². The molecule has 1 saturated carbocycles. The topological polar surface area (TPSA) is 35.0 Å². The molecule has 0 amide bonds. The summed E-state index contributed by atoms with van der Waals surface area (Å²) < 4.78 is 6.47.